The zero-order valence-electron chi connectivity index (χ0n) is 26.9. The van der Waals surface area contributed by atoms with Crippen molar-refractivity contribution in [1.82, 2.24) is 0 Å². The number of hydrogen-bond acceptors (Lipinski definition) is 0. The van der Waals surface area contributed by atoms with Crippen LogP contribution in [-0.4, -0.2) is 5.80 Å². The molecule has 1 atom stereocenters. The molecule has 0 saturated carbocycles. The first kappa shape index (κ1) is 31.8. The molecule has 0 spiro atoms. The van der Waals surface area contributed by atoms with Crippen LogP contribution >= 0.6 is 16.8 Å². The molecule has 0 aliphatic heterocycles. The molecule has 0 radical (unpaired) electrons. The molecular weight excluding hydrogens is 506 g/mol. The highest BCUT2D eigenvalue weighted by molar-refractivity contribution is 7.56. The van der Waals surface area contributed by atoms with Crippen LogP contribution < -0.4 is 15.9 Å². The lowest BCUT2D eigenvalue weighted by molar-refractivity contribution is 0.554. The van der Waals surface area contributed by atoms with Gasteiger partial charge in [0.1, 0.15) is 0 Å². The molecule has 0 bridgehead atoms. The van der Waals surface area contributed by atoms with Gasteiger partial charge in [-0.3, -0.25) is 0 Å². The molecule has 3 aromatic carbocycles. The Kier molecular flexibility index (Phi) is 9.79. The smallest absolute Gasteiger partial charge is 0.00872 e. The fraction of sp³-hybridized carbons (Fsp3) is 0.486. The van der Waals surface area contributed by atoms with Gasteiger partial charge in [-0.2, -0.15) is 0 Å². The third-order valence-electron chi connectivity index (χ3n) is 7.52. The van der Waals surface area contributed by atoms with E-state index in [-0.39, 0.29) is 16.2 Å². The molecule has 0 heterocycles. The highest BCUT2D eigenvalue weighted by atomic mass is 31.1. The summed E-state index contributed by atoms with van der Waals surface area (Å²) in [5.74, 6) is 3.50. The first-order valence-corrected chi connectivity index (χ1v) is 16.6. The predicted molar refractivity (Wildman–Crippen MR) is 183 cm³/mol. The maximum atomic E-state index is 2.51. The van der Waals surface area contributed by atoms with Crippen LogP contribution in [-0.2, 0) is 16.2 Å². The van der Waals surface area contributed by atoms with Crippen molar-refractivity contribution >= 4 is 38.5 Å². The van der Waals surface area contributed by atoms with E-state index < -0.39 is 0 Å². The first-order valence-electron chi connectivity index (χ1n) is 14.6. The average molecular weight is 559 g/mol. The van der Waals surface area contributed by atoms with Crippen LogP contribution in [0.5, 0.6) is 0 Å². The minimum absolute atomic E-state index is 0.0723. The Morgan fingerprint density at radius 1 is 0.641 bits per heavy atom. The van der Waals surface area contributed by atoms with Crippen molar-refractivity contribution in [3.05, 3.63) is 88.0 Å². The minimum atomic E-state index is 0.0723. The number of hydrogen-bond donors (Lipinski definition) is 0. The third-order valence-corrected chi connectivity index (χ3v) is 10.2. The van der Waals surface area contributed by atoms with Gasteiger partial charge in [-0.25, -0.2) is 0 Å². The fourth-order valence-corrected chi connectivity index (χ4v) is 8.54. The maximum absolute atomic E-state index is 2.51. The molecule has 0 nitrogen and oxygen atoms in total. The van der Waals surface area contributed by atoms with E-state index in [4.69, 9.17) is 0 Å². The standard InChI is InChI=1S/C37H52P2/c1-24(2)28-18-16-19-29(25(3)4)33(28)38-23-26-17-14-15-20-32(26)39-34-30(36(8,9)10)21-27(35(5,6)7)22-31(34)37(11,12)13/h14-25,39H,1-13H3. The van der Waals surface area contributed by atoms with Gasteiger partial charge in [0.25, 0.3) is 0 Å². The van der Waals surface area contributed by atoms with Crippen molar-refractivity contribution in [2.45, 2.75) is 118 Å². The van der Waals surface area contributed by atoms with Crippen molar-refractivity contribution in [3.63, 3.8) is 0 Å². The molecule has 210 valence electrons. The van der Waals surface area contributed by atoms with E-state index in [1.165, 1.54) is 57.5 Å². The second kappa shape index (κ2) is 12.0. The van der Waals surface area contributed by atoms with Gasteiger partial charge in [-0.05, 0) is 77.9 Å². The van der Waals surface area contributed by atoms with Crippen molar-refractivity contribution < 1.29 is 0 Å². The van der Waals surface area contributed by atoms with Crippen LogP contribution in [0.3, 0.4) is 0 Å². The maximum Gasteiger partial charge on any atom is 0.00872 e. The fourth-order valence-electron chi connectivity index (χ4n) is 5.05. The normalized spacial score (nSPS) is 13.5. The lowest BCUT2D eigenvalue weighted by atomic mass is 9.75. The van der Waals surface area contributed by atoms with E-state index in [1.807, 2.05) is 0 Å². The van der Waals surface area contributed by atoms with Crippen molar-refractivity contribution in [3.8, 4) is 0 Å². The van der Waals surface area contributed by atoms with Crippen LogP contribution in [0.25, 0.3) is 0 Å². The highest BCUT2D eigenvalue weighted by Gasteiger charge is 2.29. The number of rotatable bonds is 6. The van der Waals surface area contributed by atoms with Gasteiger partial charge < -0.3 is 0 Å². The lowest BCUT2D eigenvalue weighted by Gasteiger charge is -2.34. The zero-order chi connectivity index (χ0) is 29.3. The molecule has 2 heteroatoms. The van der Waals surface area contributed by atoms with Gasteiger partial charge in [0.15, 0.2) is 0 Å². The molecule has 0 amide bonds. The van der Waals surface area contributed by atoms with E-state index >= 15 is 0 Å². The molecule has 3 rings (SSSR count). The summed E-state index contributed by atoms with van der Waals surface area (Å²) in [6.45, 7) is 30.5. The minimum Gasteiger partial charge on any atom is -0.0672 e. The van der Waals surface area contributed by atoms with Gasteiger partial charge >= 0.3 is 0 Å². The Morgan fingerprint density at radius 3 is 1.56 bits per heavy atom. The molecule has 0 fully saturated rings. The number of benzene rings is 3. The van der Waals surface area contributed by atoms with Crippen molar-refractivity contribution in [2.24, 2.45) is 0 Å². The summed E-state index contributed by atoms with van der Waals surface area (Å²) in [6.07, 6.45) is 0. The third kappa shape index (κ3) is 7.72. The summed E-state index contributed by atoms with van der Waals surface area (Å²) < 4.78 is 0. The van der Waals surface area contributed by atoms with Crippen LogP contribution in [0.2, 0.25) is 0 Å². The van der Waals surface area contributed by atoms with E-state index in [0.717, 1.165) is 0 Å². The van der Waals surface area contributed by atoms with Gasteiger partial charge in [-0.15, -0.1) is 0 Å². The van der Waals surface area contributed by atoms with Crippen LogP contribution in [0.4, 0.5) is 0 Å². The van der Waals surface area contributed by atoms with E-state index in [0.29, 0.717) is 20.4 Å². The molecule has 0 aliphatic rings. The lowest BCUT2D eigenvalue weighted by Crippen LogP contribution is -2.31. The first-order chi connectivity index (χ1) is 17.9. The van der Waals surface area contributed by atoms with Crippen LogP contribution in [0, 0.1) is 0 Å². The summed E-state index contributed by atoms with van der Waals surface area (Å²) in [7, 11) is 1.91. The van der Waals surface area contributed by atoms with Gasteiger partial charge in [0.2, 0.25) is 0 Å². The largest absolute Gasteiger partial charge is 0.0672 e. The van der Waals surface area contributed by atoms with Crippen molar-refractivity contribution in [1.29, 1.82) is 0 Å². The zero-order valence-corrected chi connectivity index (χ0v) is 28.8. The van der Waals surface area contributed by atoms with Crippen molar-refractivity contribution in [2.75, 3.05) is 0 Å². The molecule has 1 unspecified atom stereocenters. The van der Waals surface area contributed by atoms with E-state index in [9.17, 15) is 0 Å². The Bertz CT molecular complexity index is 1260. The molecule has 0 aromatic heterocycles. The molecule has 0 N–H and O–H groups in total. The van der Waals surface area contributed by atoms with Crippen LogP contribution in [0.15, 0.2) is 54.6 Å². The summed E-state index contributed by atoms with van der Waals surface area (Å²) in [6, 6.07) is 21.0. The van der Waals surface area contributed by atoms with Gasteiger partial charge in [-0.1, -0.05) is 161 Å². The molecule has 0 saturated heterocycles. The molecule has 39 heavy (non-hydrogen) atoms. The second-order valence-corrected chi connectivity index (χ2v) is 17.0. The average Bonchev–Trinajstić information content (AvgIpc) is 2.81. The molecule has 0 aliphatic carbocycles. The topological polar surface area (TPSA) is 0 Å². The summed E-state index contributed by atoms with van der Waals surface area (Å²) >= 11 is 0. The monoisotopic (exact) mass is 558 g/mol. The highest BCUT2D eigenvalue weighted by Crippen LogP contribution is 2.37. The molecular formula is C37H52P2. The second-order valence-electron chi connectivity index (χ2n) is 14.8. The molecule has 3 aromatic rings. The Morgan fingerprint density at radius 2 is 1.13 bits per heavy atom. The Hall–Kier alpha value is -1.74. The predicted octanol–water partition coefficient (Wildman–Crippen LogP) is 9.88. The van der Waals surface area contributed by atoms with E-state index in [2.05, 4.69) is 150 Å². The summed E-state index contributed by atoms with van der Waals surface area (Å²) in [5, 5.41) is 4.46. The van der Waals surface area contributed by atoms with Gasteiger partial charge in [0, 0.05) is 5.30 Å². The quantitative estimate of drug-likeness (QED) is 0.264. The summed E-state index contributed by atoms with van der Waals surface area (Å²) in [4.78, 5) is 0. The Balaban J connectivity index is 2.21. The van der Waals surface area contributed by atoms with E-state index in [1.54, 1.807) is 0 Å². The van der Waals surface area contributed by atoms with Crippen LogP contribution in [0.1, 0.15) is 135 Å². The summed E-state index contributed by atoms with van der Waals surface area (Å²) in [5.41, 5.74) is 9.01. The SMILES string of the molecule is CC(C)c1cccc(C(C)C)c1P=Cc1ccccc1Pc1c(C(C)(C)C)cc(C(C)(C)C)cc1C(C)(C)C. The van der Waals surface area contributed by atoms with Gasteiger partial charge in [0.05, 0.1) is 0 Å². The Labute approximate surface area is 244 Å².